The van der Waals surface area contributed by atoms with E-state index in [0.29, 0.717) is 13.0 Å². The van der Waals surface area contributed by atoms with Gasteiger partial charge in [-0.15, -0.1) is 0 Å². The second kappa shape index (κ2) is 5.06. The molecule has 4 atom stereocenters. The van der Waals surface area contributed by atoms with Crippen LogP contribution in [0.25, 0.3) is 0 Å². The first-order valence-corrected chi connectivity index (χ1v) is 7.43. The van der Waals surface area contributed by atoms with Crippen LogP contribution in [0, 0.1) is 0 Å². The number of rotatable bonds is 4. The van der Waals surface area contributed by atoms with Crippen molar-refractivity contribution < 1.29 is 18.9 Å². The second-order valence-electron chi connectivity index (χ2n) is 3.35. The maximum atomic E-state index is 9.42. The monoisotopic (exact) mass is 236 g/mol. The minimum absolute atomic E-state index is 0.232. The van der Waals surface area contributed by atoms with Crippen LogP contribution in [0.2, 0.25) is 0 Å². The number of methoxy groups -OCH3 is 1. The smallest absolute Gasteiger partial charge is 0.183 e. The van der Waals surface area contributed by atoms with Gasteiger partial charge in [0.15, 0.2) is 6.49 Å². The van der Waals surface area contributed by atoms with E-state index in [2.05, 4.69) is 0 Å². The summed E-state index contributed by atoms with van der Waals surface area (Å²) in [6, 6.07) is -0.360. The van der Waals surface area contributed by atoms with E-state index >= 15 is 0 Å². The fourth-order valence-electron chi connectivity index (χ4n) is 1.42. The molecule has 0 amide bonds. The van der Waals surface area contributed by atoms with Crippen LogP contribution in [-0.4, -0.2) is 51.3 Å². The molecule has 0 aromatic rings. The molecule has 0 aliphatic carbocycles. The molecule has 1 rings (SSSR count). The Balaban J connectivity index is 2.53. The van der Waals surface area contributed by atoms with Crippen LogP contribution in [-0.2, 0) is 25.8 Å². The van der Waals surface area contributed by atoms with Crippen molar-refractivity contribution in [3.05, 3.63) is 0 Å². The van der Waals surface area contributed by atoms with Gasteiger partial charge in [-0.05, 0) is 18.2 Å². The first-order chi connectivity index (χ1) is 6.42. The van der Waals surface area contributed by atoms with E-state index in [1.165, 1.54) is 6.66 Å². The summed E-state index contributed by atoms with van der Waals surface area (Å²) in [5, 5.41) is 0. The van der Waals surface area contributed by atoms with Crippen LogP contribution in [0.4, 0.5) is 0 Å². The van der Waals surface area contributed by atoms with Gasteiger partial charge in [-0.3, -0.25) is 0 Å². The zero-order valence-corrected chi connectivity index (χ0v) is 9.96. The summed E-state index contributed by atoms with van der Waals surface area (Å²) in [5.74, 6) is 0. The molecule has 1 N–H and O–H groups in total. The minimum atomic E-state index is -2.66. The third-order valence-corrected chi connectivity index (χ3v) is 2.81. The third-order valence-electron chi connectivity index (χ3n) is 1.89. The van der Waals surface area contributed by atoms with Crippen molar-refractivity contribution in [2.75, 3.05) is 20.4 Å². The lowest BCUT2D eigenvalue weighted by Gasteiger charge is -2.21. The molecule has 0 aromatic heterocycles. The predicted molar refractivity (Wildman–Crippen MR) is 58.2 cm³/mol. The molecule has 0 aromatic carbocycles. The van der Waals surface area contributed by atoms with Crippen LogP contribution in [0.5, 0.6) is 0 Å². The Hall–Kier alpha value is 0.555. The van der Waals surface area contributed by atoms with E-state index in [0.717, 1.165) is 0 Å². The van der Waals surface area contributed by atoms with Gasteiger partial charge in [-0.1, -0.05) is 0 Å². The van der Waals surface area contributed by atoms with Gasteiger partial charge >= 0.3 is 0 Å². The van der Waals surface area contributed by atoms with E-state index in [9.17, 15) is 4.89 Å². The Morgan fingerprint density at radius 1 is 1.71 bits per heavy atom. The zero-order chi connectivity index (χ0) is 10.8. The lowest BCUT2D eigenvalue weighted by Crippen LogP contribution is -2.27. The van der Waals surface area contributed by atoms with Crippen molar-refractivity contribution in [2.45, 2.75) is 24.6 Å². The van der Waals surface area contributed by atoms with Gasteiger partial charge in [0, 0.05) is 19.8 Å². The second-order valence-corrected chi connectivity index (χ2v) is 7.20. The minimum Gasteiger partial charge on any atom is -0.382 e. The Morgan fingerprint density at radius 3 is 2.86 bits per heavy atom. The molecule has 14 heavy (non-hydrogen) atoms. The molecule has 2 radical (unpaired) electrons. The summed E-state index contributed by atoms with van der Waals surface area (Å²) in [5.41, 5.74) is 0. The molecule has 7 heteroatoms. The van der Waals surface area contributed by atoms with Crippen LogP contribution < -0.4 is 0 Å². The Morgan fingerprint density at radius 2 is 2.36 bits per heavy atom. The molecular formula is C7H14BO4PS. The van der Waals surface area contributed by atoms with Crippen molar-refractivity contribution in [1.29, 1.82) is 0 Å². The van der Waals surface area contributed by atoms with Crippen molar-refractivity contribution in [3.63, 3.8) is 0 Å². The van der Waals surface area contributed by atoms with E-state index in [4.69, 9.17) is 33.7 Å². The highest BCUT2D eigenvalue weighted by Crippen LogP contribution is 2.42. The van der Waals surface area contributed by atoms with E-state index in [1.807, 2.05) is 0 Å². The number of hydrogen-bond donors (Lipinski definition) is 1. The summed E-state index contributed by atoms with van der Waals surface area (Å²) in [4.78, 5) is 9.42. The van der Waals surface area contributed by atoms with Gasteiger partial charge in [0.25, 0.3) is 0 Å². The first kappa shape index (κ1) is 12.6. The molecule has 0 spiro atoms. The quantitative estimate of drug-likeness (QED) is 0.559. The molecule has 1 aliphatic rings. The van der Waals surface area contributed by atoms with E-state index in [-0.39, 0.29) is 18.2 Å². The Bertz CT molecular complexity index is 234. The van der Waals surface area contributed by atoms with E-state index in [1.54, 1.807) is 7.11 Å². The van der Waals surface area contributed by atoms with Crippen molar-refractivity contribution in [1.82, 2.24) is 0 Å². The molecule has 1 fully saturated rings. The molecule has 1 saturated heterocycles. The summed E-state index contributed by atoms with van der Waals surface area (Å²) < 4.78 is 15.6. The summed E-state index contributed by atoms with van der Waals surface area (Å²) in [6.45, 7) is -0.754. The van der Waals surface area contributed by atoms with Gasteiger partial charge in [-0.2, -0.15) is 0 Å². The average molecular weight is 236 g/mol. The predicted octanol–water partition coefficient (Wildman–Crippen LogP) is 0.233. The van der Waals surface area contributed by atoms with Crippen LogP contribution in [0.3, 0.4) is 0 Å². The Labute approximate surface area is 90.5 Å². The standard InChI is InChI=1S/C7H14BO4PS/c1-10-4-6-5(3-7(8)11-6)12-13(2,9)14/h5-7H,3-4H2,1-2H3,(H,9,14)/t5?,6-,7-,13?/m1/s1. The van der Waals surface area contributed by atoms with E-state index < -0.39 is 6.49 Å². The molecular weight excluding hydrogens is 222 g/mol. The van der Waals surface area contributed by atoms with Crippen LogP contribution in [0.15, 0.2) is 0 Å². The van der Waals surface area contributed by atoms with Gasteiger partial charge in [0.05, 0.1) is 12.7 Å². The molecule has 1 aliphatic heterocycles. The summed E-state index contributed by atoms with van der Waals surface area (Å²) in [6.07, 6.45) is 0.0519. The van der Waals surface area contributed by atoms with Gasteiger partial charge in [-0.25, -0.2) is 0 Å². The van der Waals surface area contributed by atoms with Gasteiger partial charge in [0.2, 0.25) is 0 Å². The SMILES string of the molecule is [B][C@H]1CC(OP(C)(O)=S)[C@@H](COC)O1. The molecule has 0 saturated carbocycles. The molecule has 0 bridgehead atoms. The highest BCUT2D eigenvalue weighted by molar-refractivity contribution is 8.09. The maximum Gasteiger partial charge on any atom is 0.183 e. The lowest BCUT2D eigenvalue weighted by molar-refractivity contribution is -0.01000. The van der Waals surface area contributed by atoms with Gasteiger partial charge < -0.3 is 18.9 Å². The highest BCUT2D eigenvalue weighted by atomic mass is 32.5. The molecule has 2 unspecified atom stereocenters. The maximum absolute atomic E-state index is 9.42. The normalized spacial score (nSPS) is 36.9. The summed E-state index contributed by atoms with van der Waals surface area (Å²) >= 11 is 4.80. The first-order valence-electron chi connectivity index (χ1n) is 4.31. The molecule has 80 valence electrons. The van der Waals surface area contributed by atoms with Crippen molar-refractivity contribution in [3.8, 4) is 0 Å². The van der Waals surface area contributed by atoms with Crippen molar-refractivity contribution >= 4 is 26.1 Å². The largest absolute Gasteiger partial charge is 0.382 e. The van der Waals surface area contributed by atoms with Crippen molar-refractivity contribution in [2.24, 2.45) is 0 Å². The lowest BCUT2D eigenvalue weighted by atomic mass is 9.96. The summed E-state index contributed by atoms with van der Waals surface area (Å²) in [7, 11) is 7.18. The number of hydrogen-bond acceptors (Lipinski definition) is 4. The molecule has 4 nitrogen and oxygen atoms in total. The fourth-order valence-corrected chi connectivity index (χ4v) is 2.48. The van der Waals surface area contributed by atoms with Crippen LogP contribution in [0.1, 0.15) is 6.42 Å². The zero-order valence-electron chi connectivity index (χ0n) is 8.25. The topological polar surface area (TPSA) is 47.9 Å². The number of ether oxygens (including phenoxy) is 2. The van der Waals surface area contributed by atoms with Gasteiger partial charge in [0.1, 0.15) is 14.0 Å². The van der Waals surface area contributed by atoms with Crippen LogP contribution >= 0.6 is 6.49 Å². The average Bonchev–Trinajstić information content (AvgIpc) is 2.28. The highest BCUT2D eigenvalue weighted by Gasteiger charge is 2.35. The third kappa shape index (κ3) is 3.97. The Kier molecular flexibility index (Phi) is 4.56. The fraction of sp³-hybridized carbons (Fsp3) is 1.00. The molecule has 1 heterocycles.